The number of amides is 1. The fourth-order valence-corrected chi connectivity index (χ4v) is 3.70. The molecule has 0 saturated carbocycles. The van der Waals surface area contributed by atoms with Crippen molar-refractivity contribution in [2.45, 2.75) is 19.9 Å². The maximum Gasteiger partial charge on any atom is 0.246 e. The van der Waals surface area contributed by atoms with Gasteiger partial charge in [-0.25, -0.2) is 0 Å². The number of carbonyl (C=O) groups excluding carboxylic acids is 1. The fourth-order valence-electron chi connectivity index (χ4n) is 2.16. The Morgan fingerprint density at radius 1 is 1.28 bits per heavy atom. The summed E-state index contributed by atoms with van der Waals surface area (Å²) >= 11 is 5.06. The lowest BCUT2D eigenvalue weighted by molar-refractivity contribution is -0.125. The smallest absolute Gasteiger partial charge is 0.246 e. The number of carbonyl (C=O) groups is 1. The minimum Gasteiger partial charge on any atom is -0.493 e. The Balaban J connectivity index is 2.00. The van der Waals surface area contributed by atoms with Gasteiger partial charge in [-0.1, -0.05) is 13.0 Å². The molecule has 4 nitrogen and oxygen atoms in total. The van der Waals surface area contributed by atoms with Crippen LogP contribution in [-0.4, -0.2) is 31.6 Å². The first kappa shape index (κ1) is 19.5. The minimum absolute atomic E-state index is 0.0465. The predicted molar refractivity (Wildman–Crippen MR) is 106 cm³/mol. The van der Waals surface area contributed by atoms with Crippen molar-refractivity contribution in [1.29, 1.82) is 0 Å². The van der Waals surface area contributed by atoms with Crippen molar-refractivity contribution in [2.24, 2.45) is 0 Å². The lowest BCUT2D eigenvalue weighted by Crippen LogP contribution is -2.23. The molecule has 6 heteroatoms. The third-order valence-electron chi connectivity index (χ3n) is 3.47. The van der Waals surface area contributed by atoms with Crippen molar-refractivity contribution < 1.29 is 14.3 Å². The van der Waals surface area contributed by atoms with E-state index < -0.39 is 0 Å². The molecule has 0 unspecified atom stereocenters. The number of benzene rings is 1. The van der Waals surface area contributed by atoms with Gasteiger partial charge in [0.25, 0.3) is 0 Å². The Labute approximate surface area is 161 Å². The van der Waals surface area contributed by atoms with Gasteiger partial charge in [0.15, 0.2) is 11.5 Å². The van der Waals surface area contributed by atoms with E-state index in [1.807, 2.05) is 30.3 Å². The second kappa shape index (κ2) is 9.63. The average Bonchev–Trinajstić information content (AvgIpc) is 3.02. The molecule has 134 valence electrons. The molecule has 0 atom stereocenters. The van der Waals surface area contributed by atoms with Crippen LogP contribution in [0.25, 0.3) is 6.08 Å². The number of methoxy groups -OCH3 is 1. The number of likely N-dealkylation sites (N-methyl/N-ethyl adjacent to an activating group) is 1. The van der Waals surface area contributed by atoms with Crippen molar-refractivity contribution in [2.75, 3.05) is 20.8 Å². The molecule has 0 aliphatic heterocycles. The summed E-state index contributed by atoms with van der Waals surface area (Å²) in [4.78, 5) is 15.1. The minimum atomic E-state index is -0.0465. The van der Waals surface area contributed by atoms with Gasteiger partial charge in [0.1, 0.15) is 0 Å². The second-order valence-corrected chi connectivity index (χ2v) is 8.04. The number of ether oxygens (including phenoxy) is 2. The van der Waals surface area contributed by atoms with Crippen molar-refractivity contribution in [3.05, 3.63) is 50.6 Å². The Bertz CT molecular complexity index is 742. The molecular formula is C19H22BrNO3S. The standard InChI is InChI=1S/C19H22BrNO3S/c1-4-11-24-16-8-5-14(12-17(16)23-3)6-10-19(22)21(2)13-15-7-9-18(20)25-15/h5-10,12H,4,11,13H2,1-3H3/b10-6+. The lowest BCUT2D eigenvalue weighted by atomic mass is 10.2. The molecule has 0 bridgehead atoms. The highest BCUT2D eigenvalue weighted by Crippen LogP contribution is 2.28. The van der Waals surface area contributed by atoms with Crippen LogP contribution >= 0.6 is 27.3 Å². The van der Waals surface area contributed by atoms with E-state index in [1.165, 1.54) is 0 Å². The normalized spacial score (nSPS) is 10.9. The average molecular weight is 424 g/mol. The van der Waals surface area contributed by atoms with Crippen LogP contribution in [0.15, 0.2) is 40.2 Å². The van der Waals surface area contributed by atoms with Gasteiger partial charge < -0.3 is 14.4 Å². The van der Waals surface area contributed by atoms with Crippen LogP contribution in [0.2, 0.25) is 0 Å². The van der Waals surface area contributed by atoms with Gasteiger partial charge in [0.2, 0.25) is 5.91 Å². The van der Waals surface area contributed by atoms with Crippen LogP contribution in [-0.2, 0) is 11.3 Å². The first-order valence-corrected chi connectivity index (χ1v) is 9.62. The molecule has 0 N–H and O–H groups in total. The summed E-state index contributed by atoms with van der Waals surface area (Å²) in [7, 11) is 3.41. The van der Waals surface area contributed by atoms with Crippen molar-refractivity contribution in [3.63, 3.8) is 0 Å². The Hall–Kier alpha value is -1.79. The highest BCUT2D eigenvalue weighted by molar-refractivity contribution is 9.11. The zero-order chi connectivity index (χ0) is 18.2. The molecule has 0 aliphatic rings. The largest absolute Gasteiger partial charge is 0.493 e. The monoisotopic (exact) mass is 423 g/mol. The molecule has 2 aromatic rings. The molecule has 0 spiro atoms. The Kier molecular flexibility index (Phi) is 7.52. The summed E-state index contributed by atoms with van der Waals surface area (Å²) in [6, 6.07) is 9.65. The second-order valence-electron chi connectivity index (χ2n) is 5.49. The molecule has 1 heterocycles. The van der Waals surface area contributed by atoms with Gasteiger partial charge in [0, 0.05) is 18.0 Å². The number of hydrogen-bond donors (Lipinski definition) is 0. The van der Waals surface area contributed by atoms with Crippen LogP contribution in [0.4, 0.5) is 0 Å². The Morgan fingerprint density at radius 2 is 2.08 bits per heavy atom. The number of thiophene rings is 1. The molecule has 0 fully saturated rings. The topological polar surface area (TPSA) is 38.8 Å². The maximum atomic E-state index is 12.3. The van der Waals surface area contributed by atoms with Crippen molar-refractivity contribution in [1.82, 2.24) is 4.90 Å². The van der Waals surface area contributed by atoms with Gasteiger partial charge in [-0.2, -0.15) is 0 Å². The third kappa shape index (κ3) is 5.90. The summed E-state index contributed by atoms with van der Waals surface area (Å²) in [5.74, 6) is 1.34. The molecule has 1 aromatic carbocycles. The van der Waals surface area contributed by atoms with E-state index in [-0.39, 0.29) is 5.91 Å². The van der Waals surface area contributed by atoms with Crippen LogP contribution in [0.3, 0.4) is 0 Å². The first-order chi connectivity index (χ1) is 12.0. The van der Waals surface area contributed by atoms with E-state index in [0.29, 0.717) is 24.7 Å². The fraction of sp³-hybridized carbons (Fsp3) is 0.316. The molecule has 1 aromatic heterocycles. The predicted octanol–water partition coefficient (Wildman–Crippen LogP) is 4.98. The van der Waals surface area contributed by atoms with Crippen molar-refractivity contribution in [3.8, 4) is 11.5 Å². The lowest BCUT2D eigenvalue weighted by Gasteiger charge is -2.13. The quantitative estimate of drug-likeness (QED) is 0.561. The maximum absolute atomic E-state index is 12.3. The number of rotatable bonds is 8. The van der Waals surface area contributed by atoms with E-state index in [0.717, 1.165) is 20.6 Å². The van der Waals surface area contributed by atoms with E-state index in [4.69, 9.17) is 9.47 Å². The summed E-state index contributed by atoms with van der Waals surface area (Å²) in [5.41, 5.74) is 0.890. The van der Waals surface area contributed by atoms with Gasteiger partial charge in [-0.05, 0) is 58.3 Å². The summed E-state index contributed by atoms with van der Waals surface area (Å²) in [6.07, 6.45) is 4.30. The number of halogens is 1. The summed E-state index contributed by atoms with van der Waals surface area (Å²) in [6.45, 7) is 3.29. The van der Waals surface area contributed by atoms with E-state index in [2.05, 4.69) is 22.9 Å². The Morgan fingerprint density at radius 3 is 2.72 bits per heavy atom. The molecule has 1 amide bonds. The van der Waals surface area contributed by atoms with Crippen LogP contribution in [0.5, 0.6) is 11.5 Å². The van der Waals surface area contributed by atoms with E-state index >= 15 is 0 Å². The number of hydrogen-bond acceptors (Lipinski definition) is 4. The van der Waals surface area contributed by atoms with Gasteiger partial charge in [-0.15, -0.1) is 11.3 Å². The van der Waals surface area contributed by atoms with Gasteiger partial charge >= 0.3 is 0 Å². The van der Waals surface area contributed by atoms with Crippen LogP contribution in [0.1, 0.15) is 23.8 Å². The number of nitrogens with zero attached hydrogens (tertiary/aromatic N) is 1. The SMILES string of the molecule is CCCOc1ccc(/C=C/C(=O)N(C)Cc2ccc(Br)s2)cc1OC. The molecule has 0 saturated heterocycles. The van der Waals surface area contributed by atoms with Crippen LogP contribution < -0.4 is 9.47 Å². The summed E-state index contributed by atoms with van der Waals surface area (Å²) < 4.78 is 12.1. The van der Waals surface area contributed by atoms with Crippen LogP contribution in [0, 0.1) is 0 Å². The molecule has 2 rings (SSSR count). The highest BCUT2D eigenvalue weighted by Gasteiger charge is 2.08. The zero-order valence-corrected chi connectivity index (χ0v) is 17.0. The molecular weight excluding hydrogens is 402 g/mol. The highest BCUT2D eigenvalue weighted by atomic mass is 79.9. The zero-order valence-electron chi connectivity index (χ0n) is 14.6. The first-order valence-electron chi connectivity index (χ1n) is 8.01. The van der Waals surface area contributed by atoms with Gasteiger partial charge in [-0.3, -0.25) is 4.79 Å². The van der Waals surface area contributed by atoms with Gasteiger partial charge in [0.05, 0.1) is 24.0 Å². The van der Waals surface area contributed by atoms with Crippen molar-refractivity contribution >= 4 is 39.2 Å². The van der Waals surface area contributed by atoms with E-state index in [9.17, 15) is 4.79 Å². The third-order valence-corrected chi connectivity index (χ3v) is 5.07. The summed E-state index contributed by atoms with van der Waals surface area (Å²) in [5, 5.41) is 0. The molecule has 0 radical (unpaired) electrons. The molecule has 0 aliphatic carbocycles. The molecule has 25 heavy (non-hydrogen) atoms. The van der Waals surface area contributed by atoms with E-state index in [1.54, 1.807) is 42.5 Å².